The standard InChI is InChI=1S/C14H21NO3/c1-14(2,3)12(16)7-6-10-13(18-5)11(17-4)8-9-15-10/h8-9H,6-7H2,1-5H3. The van der Waals surface area contributed by atoms with Crippen molar-refractivity contribution in [3.05, 3.63) is 18.0 Å². The molecule has 0 aliphatic rings. The normalized spacial score (nSPS) is 11.2. The molecule has 0 amide bonds. The lowest BCUT2D eigenvalue weighted by Crippen LogP contribution is -2.20. The van der Waals surface area contributed by atoms with Crippen LogP contribution in [0.2, 0.25) is 0 Å². The number of hydrogen-bond donors (Lipinski definition) is 0. The topological polar surface area (TPSA) is 48.4 Å². The molecular formula is C14H21NO3. The van der Waals surface area contributed by atoms with Crippen LogP contribution in [0.25, 0.3) is 0 Å². The molecule has 0 radical (unpaired) electrons. The lowest BCUT2D eigenvalue weighted by Gasteiger charge is -2.17. The summed E-state index contributed by atoms with van der Waals surface area (Å²) in [7, 11) is 3.16. The molecule has 0 aliphatic carbocycles. The van der Waals surface area contributed by atoms with Gasteiger partial charge < -0.3 is 9.47 Å². The quantitative estimate of drug-likeness (QED) is 0.807. The molecule has 1 heterocycles. The number of ketones is 1. The molecule has 0 fully saturated rings. The van der Waals surface area contributed by atoms with E-state index in [-0.39, 0.29) is 11.2 Å². The number of Topliss-reactive ketones (excluding diaryl/α,β-unsaturated/α-hetero) is 1. The lowest BCUT2D eigenvalue weighted by molar-refractivity contribution is -0.126. The summed E-state index contributed by atoms with van der Waals surface area (Å²) in [6.07, 6.45) is 2.69. The molecule has 4 heteroatoms. The minimum atomic E-state index is -0.313. The van der Waals surface area contributed by atoms with E-state index in [4.69, 9.17) is 9.47 Å². The highest BCUT2D eigenvalue weighted by molar-refractivity contribution is 5.83. The Bertz CT molecular complexity index is 422. The van der Waals surface area contributed by atoms with Gasteiger partial charge in [0.1, 0.15) is 5.78 Å². The summed E-state index contributed by atoms with van der Waals surface area (Å²) in [5.74, 6) is 1.47. The second kappa shape index (κ2) is 5.85. The van der Waals surface area contributed by atoms with Crippen molar-refractivity contribution in [1.29, 1.82) is 0 Å². The predicted octanol–water partition coefficient (Wildman–Crippen LogP) is 2.65. The van der Waals surface area contributed by atoms with Crippen LogP contribution < -0.4 is 9.47 Å². The minimum Gasteiger partial charge on any atom is -0.493 e. The first-order valence-electron chi connectivity index (χ1n) is 5.99. The van der Waals surface area contributed by atoms with E-state index in [0.717, 1.165) is 5.69 Å². The van der Waals surface area contributed by atoms with E-state index in [0.29, 0.717) is 24.3 Å². The zero-order valence-corrected chi connectivity index (χ0v) is 11.7. The molecule has 1 rings (SSSR count). The van der Waals surface area contributed by atoms with E-state index in [1.54, 1.807) is 26.5 Å². The van der Waals surface area contributed by atoms with Crippen LogP contribution in [0, 0.1) is 5.41 Å². The molecule has 0 aliphatic heterocycles. The molecule has 0 bridgehead atoms. The molecule has 1 aromatic rings. The molecule has 0 spiro atoms. The third-order valence-electron chi connectivity index (χ3n) is 2.79. The van der Waals surface area contributed by atoms with Crippen LogP contribution in [0.5, 0.6) is 11.5 Å². The lowest BCUT2D eigenvalue weighted by atomic mass is 9.88. The number of pyridine rings is 1. The van der Waals surface area contributed by atoms with Crippen molar-refractivity contribution in [3.8, 4) is 11.5 Å². The third kappa shape index (κ3) is 3.45. The van der Waals surface area contributed by atoms with Gasteiger partial charge in [0, 0.05) is 30.5 Å². The largest absolute Gasteiger partial charge is 0.493 e. The Morgan fingerprint density at radius 3 is 2.44 bits per heavy atom. The molecule has 0 N–H and O–H groups in total. The molecule has 1 aromatic heterocycles. The molecule has 0 aromatic carbocycles. The van der Waals surface area contributed by atoms with Crippen LogP contribution in [0.4, 0.5) is 0 Å². The smallest absolute Gasteiger partial charge is 0.182 e. The number of carbonyl (C=O) groups is 1. The monoisotopic (exact) mass is 251 g/mol. The van der Waals surface area contributed by atoms with Gasteiger partial charge in [-0.1, -0.05) is 20.8 Å². The van der Waals surface area contributed by atoms with Crippen molar-refractivity contribution in [3.63, 3.8) is 0 Å². The van der Waals surface area contributed by atoms with Crippen LogP contribution in [-0.2, 0) is 11.2 Å². The van der Waals surface area contributed by atoms with E-state index in [1.807, 2.05) is 20.8 Å². The minimum absolute atomic E-state index is 0.217. The fourth-order valence-electron chi connectivity index (χ4n) is 1.64. The second-order valence-corrected chi connectivity index (χ2v) is 5.17. The SMILES string of the molecule is COc1ccnc(CCC(=O)C(C)(C)C)c1OC. The van der Waals surface area contributed by atoms with Gasteiger partial charge in [0.25, 0.3) is 0 Å². The van der Waals surface area contributed by atoms with Crippen molar-refractivity contribution < 1.29 is 14.3 Å². The summed E-state index contributed by atoms with van der Waals surface area (Å²) in [4.78, 5) is 16.1. The number of carbonyl (C=O) groups excluding carboxylic acids is 1. The third-order valence-corrected chi connectivity index (χ3v) is 2.79. The zero-order chi connectivity index (χ0) is 13.8. The molecular weight excluding hydrogens is 230 g/mol. The maximum atomic E-state index is 11.9. The van der Waals surface area contributed by atoms with Gasteiger partial charge in [0.15, 0.2) is 11.5 Å². The molecule has 0 saturated heterocycles. The van der Waals surface area contributed by atoms with Gasteiger partial charge in [-0.3, -0.25) is 9.78 Å². The molecule has 18 heavy (non-hydrogen) atoms. The van der Waals surface area contributed by atoms with E-state index in [9.17, 15) is 4.79 Å². The fraction of sp³-hybridized carbons (Fsp3) is 0.571. The van der Waals surface area contributed by atoms with Crippen LogP contribution in [0.15, 0.2) is 12.3 Å². The summed E-state index contributed by atoms with van der Waals surface area (Å²) in [6.45, 7) is 5.77. The van der Waals surface area contributed by atoms with E-state index < -0.39 is 0 Å². The predicted molar refractivity (Wildman–Crippen MR) is 70.1 cm³/mol. The van der Waals surface area contributed by atoms with Crippen LogP contribution >= 0.6 is 0 Å². The van der Waals surface area contributed by atoms with Crippen molar-refractivity contribution in [2.45, 2.75) is 33.6 Å². The number of rotatable bonds is 5. The van der Waals surface area contributed by atoms with Crippen LogP contribution in [-0.4, -0.2) is 25.0 Å². The Morgan fingerprint density at radius 2 is 1.94 bits per heavy atom. The van der Waals surface area contributed by atoms with Gasteiger partial charge in [-0.05, 0) is 0 Å². The fourth-order valence-corrected chi connectivity index (χ4v) is 1.64. The Balaban J connectivity index is 2.82. The number of ether oxygens (including phenoxy) is 2. The average molecular weight is 251 g/mol. The van der Waals surface area contributed by atoms with Crippen LogP contribution in [0.3, 0.4) is 0 Å². The summed E-state index contributed by atoms with van der Waals surface area (Å²) in [5.41, 5.74) is 0.445. The van der Waals surface area contributed by atoms with Gasteiger partial charge >= 0.3 is 0 Å². The van der Waals surface area contributed by atoms with E-state index >= 15 is 0 Å². The second-order valence-electron chi connectivity index (χ2n) is 5.17. The van der Waals surface area contributed by atoms with Crippen molar-refractivity contribution in [2.75, 3.05) is 14.2 Å². The molecule has 0 atom stereocenters. The summed E-state index contributed by atoms with van der Waals surface area (Å²) in [6, 6.07) is 1.74. The Morgan fingerprint density at radius 1 is 1.28 bits per heavy atom. The highest BCUT2D eigenvalue weighted by Gasteiger charge is 2.21. The first-order chi connectivity index (χ1) is 8.40. The number of nitrogens with zero attached hydrogens (tertiary/aromatic N) is 1. The van der Waals surface area contributed by atoms with E-state index in [2.05, 4.69) is 4.98 Å². The first-order valence-corrected chi connectivity index (χ1v) is 5.99. The van der Waals surface area contributed by atoms with Crippen molar-refractivity contribution in [2.24, 2.45) is 5.41 Å². The highest BCUT2D eigenvalue weighted by Crippen LogP contribution is 2.30. The van der Waals surface area contributed by atoms with Gasteiger partial charge in [-0.15, -0.1) is 0 Å². The van der Waals surface area contributed by atoms with Gasteiger partial charge in [-0.25, -0.2) is 0 Å². The summed E-state index contributed by atoms with van der Waals surface area (Å²) >= 11 is 0. The van der Waals surface area contributed by atoms with Gasteiger partial charge in [-0.2, -0.15) is 0 Å². The van der Waals surface area contributed by atoms with Crippen molar-refractivity contribution in [1.82, 2.24) is 4.98 Å². The molecule has 0 unspecified atom stereocenters. The van der Waals surface area contributed by atoms with Crippen LogP contribution in [0.1, 0.15) is 32.9 Å². The average Bonchev–Trinajstić information content (AvgIpc) is 2.33. The Kier molecular flexibility index (Phi) is 4.70. The van der Waals surface area contributed by atoms with E-state index in [1.165, 1.54) is 0 Å². The molecule has 0 saturated carbocycles. The molecule has 100 valence electrons. The zero-order valence-electron chi connectivity index (χ0n) is 11.7. The maximum absolute atomic E-state index is 11.9. The summed E-state index contributed by atoms with van der Waals surface area (Å²) in [5, 5.41) is 0. The summed E-state index contributed by atoms with van der Waals surface area (Å²) < 4.78 is 10.5. The highest BCUT2D eigenvalue weighted by atomic mass is 16.5. The number of aryl methyl sites for hydroxylation is 1. The number of hydrogen-bond acceptors (Lipinski definition) is 4. The van der Waals surface area contributed by atoms with Gasteiger partial charge in [0.2, 0.25) is 0 Å². The van der Waals surface area contributed by atoms with Gasteiger partial charge in [0.05, 0.1) is 19.9 Å². The van der Waals surface area contributed by atoms with Crippen molar-refractivity contribution >= 4 is 5.78 Å². The number of aromatic nitrogens is 1. The number of methoxy groups -OCH3 is 2. The Hall–Kier alpha value is -1.58. The maximum Gasteiger partial charge on any atom is 0.182 e. The first kappa shape index (κ1) is 14.5. The Labute approximate surface area is 108 Å². The molecule has 4 nitrogen and oxygen atoms in total.